The summed E-state index contributed by atoms with van der Waals surface area (Å²) in [6.45, 7) is 9.10. The Morgan fingerprint density at radius 3 is 2.33 bits per heavy atom. The van der Waals surface area contributed by atoms with E-state index < -0.39 is 17.7 Å². The normalized spacial score (nSPS) is 16.6. The molecule has 8 heteroatoms. The zero-order chi connectivity index (χ0) is 28.4. The van der Waals surface area contributed by atoms with Crippen molar-refractivity contribution in [3.63, 3.8) is 0 Å². The molecule has 2 heterocycles. The molecule has 5 rings (SSSR count). The van der Waals surface area contributed by atoms with E-state index in [4.69, 9.17) is 14.5 Å². The summed E-state index contributed by atoms with van der Waals surface area (Å²) in [5.74, 6) is -0.382. The van der Waals surface area contributed by atoms with Gasteiger partial charge in [0.05, 0.1) is 35.0 Å². The van der Waals surface area contributed by atoms with E-state index >= 15 is 0 Å². The summed E-state index contributed by atoms with van der Waals surface area (Å²) in [6.07, 6.45) is 1.97. The average Bonchev–Trinajstić information content (AvgIpc) is 3.48. The van der Waals surface area contributed by atoms with Gasteiger partial charge in [-0.05, 0) is 86.3 Å². The third-order valence-corrected chi connectivity index (χ3v) is 7.87. The van der Waals surface area contributed by atoms with E-state index in [2.05, 4.69) is 6.92 Å². The molecule has 206 valence electrons. The Hall–Kier alpha value is -4.17. The van der Waals surface area contributed by atoms with Crippen LogP contribution in [0.4, 0.5) is 5.13 Å². The maximum Gasteiger partial charge on any atom is 0.301 e. The van der Waals surface area contributed by atoms with Crippen LogP contribution in [-0.2, 0) is 9.59 Å². The number of hydrogen-bond acceptors (Lipinski definition) is 7. The number of ketones is 1. The van der Waals surface area contributed by atoms with Crippen LogP contribution in [0.5, 0.6) is 11.5 Å². The van der Waals surface area contributed by atoms with Gasteiger partial charge in [0.15, 0.2) is 5.13 Å². The van der Waals surface area contributed by atoms with Crippen molar-refractivity contribution in [3.8, 4) is 11.5 Å². The minimum Gasteiger partial charge on any atom is -0.507 e. The van der Waals surface area contributed by atoms with Crippen molar-refractivity contribution >= 4 is 44.1 Å². The van der Waals surface area contributed by atoms with E-state index in [1.54, 1.807) is 24.3 Å². The van der Waals surface area contributed by atoms with E-state index in [1.807, 2.05) is 57.2 Å². The fraction of sp³-hybridized carbons (Fsp3) is 0.281. The number of nitrogens with zero attached hydrogens (tertiary/aromatic N) is 2. The SMILES string of the molecule is CCCCOc1ccc(C2/C(=C(\O)c3ccc(OCC)cc3)C(=O)C(=O)N2c2nc3c(C)cc(C)cc3s2)cc1. The molecule has 1 aliphatic rings. The molecule has 1 atom stereocenters. The number of aliphatic hydroxyl groups is 1. The van der Waals surface area contributed by atoms with Crippen molar-refractivity contribution in [3.05, 3.63) is 88.5 Å². The second kappa shape index (κ2) is 11.5. The Bertz CT molecular complexity index is 1590. The molecular formula is C32H32N2O5S. The molecule has 1 N–H and O–H groups in total. The lowest BCUT2D eigenvalue weighted by Gasteiger charge is -2.23. The number of anilines is 1. The average molecular weight is 557 g/mol. The van der Waals surface area contributed by atoms with Crippen molar-refractivity contribution in [1.82, 2.24) is 4.98 Å². The van der Waals surface area contributed by atoms with E-state index in [0.29, 0.717) is 41.0 Å². The first-order valence-electron chi connectivity index (χ1n) is 13.5. The third kappa shape index (κ3) is 5.19. The Morgan fingerprint density at radius 1 is 0.975 bits per heavy atom. The van der Waals surface area contributed by atoms with Gasteiger partial charge < -0.3 is 14.6 Å². The zero-order valence-electron chi connectivity index (χ0n) is 23.1. The molecule has 0 radical (unpaired) electrons. The monoisotopic (exact) mass is 556 g/mol. The number of ether oxygens (including phenoxy) is 2. The molecule has 4 aromatic rings. The molecule has 1 unspecified atom stereocenters. The number of benzene rings is 3. The lowest BCUT2D eigenvalue weighted by Crippen LogP contribution is -2.29. The fourth-order valence-corrected chi connectivity index (χ4v) is 6.09. The van der Waals surface area contributed by atoms with Gasteiger partial charge in [0.25, 0.3) is 5.78 Å². The third-order valence-electron chi connectivity index (χ3n) is 6.87. The van der Waals surface area contributed by atoms with Gasteiger partial charge in [-0.15, -0.1) is 0 Å². The van der Waals surface area contributed by atoms with Crippen LogP contribution in [0.1, 0.15) is 55.0 Å². The molecule has 40 heavy (non-hydrogen) atoms. The largest absolute Gasteiger partial charge is 0.507 e. The minimum absolute atomic E-state index is 0.0148. The summed E-state index contributed by atoms with van der Waals surface area (Å²) in [5, 5.41) is 11.8. The van der Waals surface area contributed by atoms with E-state index in [1.165, 1.54) is 16.2 Å². The molecule has 1 aliphatic heterocycles. The number of aromatic nitrogens is 1. The molecule has 0 aliphatic carbocycles. The molecule has 1 amide bonds. The van der Waals surface area contributed by atoms with E-state index in [9.17, 15) is 14.7 Å². The highest BCUT2D eigenvalue weighted by molar-refractivity contribution is 7.22. The van der Waals surface area contributed by atoms with Gasteiger partial charge in [-0.25, -0.2) is 4.98 Å². The maximum atomic E-state index is 13.6. The summed E-state index contributed by atoms with van der Waals surface area (Å²) >= 11 is 1.36. The van der Waals surface area contributed by atoms with Crippen molar-refractivity contribution in [2.45, 2.75) is 46.6 Å². The lowest BCUT2D eigenvalue weighted by molar-refractivity contribution is -0.132. The number of amides is 1. The number of fused-ring (bicyclic) bond motifs is 1. The van der Waals surface area contributed by atoms with Crippen LogP contribution in [0.15, 0.2) is 66.2 Å². The maximum absolute atomic E-state index is 13.6. The minimum atomic E-state index is -0.863. The van der Waals surface area contributed by atoms with Crippen molar-refractivity contribution in [1.29, 1.82) is 0 Å². The summed E-state index contributed by atoms with van der Waals surface area (Å²) in [7, 11) is 0. The summed E-state index contributed by atoms with van der Waals surface area (Å²) < 4.78 is 12.3. The first-order valence-corrected chi connectivity index (χ1v) is 14.3. The van der Waals surface area contributed by atoms with Gasteiger partial charge in [0.2, 0.25) is 0 Å². The lowest BCUT2D eigenvalue weighted by atomic mass is 9.95. The Kier molecular flexibility index (Phi) is 7.89. The highest BCUT2D eigenvalue weighted by Crippen LogP contribution is 2.45. The fourth-order valence-electron chi connectivity index (χ4n) is 4.92. The molecule has 0 bridgehead atoms. The second-order valence-electron chi connectivity index (χ2n) is 9.82. The van der Waals surface area contributed by atoms with Crippen LogP contribution >= 0.6 is 11.3 Å². The first-order chi connectivity index (χ1) is 19.3. The van der Waals surface area contributed by atoms with Crippen LogP contribution in [0, 0.1) is 13.8 Å². The summed E-state index contributed by atoms with van der Waals surface area (Å²) in [5.41, 5.74) is 3.98. The molecule has 3 aromatic carbocycles. The zero-order valence-corrected chi connectivity index (χ0v) is 23.9. The van der Waals surface area contributed by atoms with Crippen molar-refractivity contribution in [2.24, 2.45) is 0 Å². The number of aliphatic hydroxyl groups excluding tert-OH is 1. The van der Waals surface area contributed by atoms with Gasteiger partial charge in [-0.3, -0.25) is 14.5 Å². The number of aryl methyl sites for hydroxylation is 2. The molecule has 7 nitrogen and oxygen atoms in total. The first kappa shape index (κ1) is 27.4. The highest BCUT2D eigenvalue weighted by Gasteiger charge is 2.48. The Morgan fingerprint density at radius 2 is 1.65 bits per heavy atom. The number of thiazole rings is 1. The molecule has 0 saturated carbocycles. The highest BCUT2D eigenvalue weighted by atomic mass is 32.1. The van der Waals surface area contributed by atoms with Gasteiger partial charge in [-0.1, -0.05) is 42.9 Å². The number of rotatable bonds is 9. The van der Waals surface area contributed by atoms with Crippen LogP contribution < -0.4 is 14.4 Å². The number of hydrogen-bond donors (Lipinski definition) is 1. The van der Waals surface area contributed by atoms with Gasteiger partial charge in [0.1, 0.15) is 17.3 Å². The Balaban J connectivity index is 1.63. The van der Waals surface area contributed by atoms with Crippen molar-refractivity contribution < 1.29 is 24.2 Å². The number of carbonyl (C=O) groups excluding carboxylic acids is 2. The molecule has 1 fully saturated rings. The van der Waals surface area contributed by atoms with E-state index in [0.717, 1.165) is 34.2 Å². The standard InChI is InChI=1S/C32H32N2O5S/c1-5-7-16-39-24-12-8-21(9-13-24)28-26(29(35)22-10-14-23(15-11-22)38-6-2)30(36)31(37)34(28)32-33-27-20(4)17-19(3)18-25(27)40-32/h8-15,17-18,28,35H,5-7,16H2,1-4H3/b29-26+. The number of Topliss-reactive ketones (excluding diaryl/α,β-unsaturated/α-hetero) is 1. The Labute approximate surface area is 237 Å². The summed E-state index contributed by atoms with van der Waals surface area (Å²) in [4.78, 5) is 33.4. The van der Waals surface area contributed by atoms with Crippen LogP contribution in [0.3, 0.4) is 0 Å². The van der Waals surface area contributed by atoms with Crippen LogP contribution in [-0.4, -0.2) is 35.0 Å². The summed E-state index contributed by atoms with van der Waals surface area (Å²) in [6, 6.07) is 17.3. The molecule has 1 aromatic heterocycles. The molecule has 1 saturated heterocycles. The van der Waals surface area contributed by atoms with E-state index in [-0.39, 0.29) is 11.3 Å². The van der Waals surface area contributed by atoms with Gasteiger partial charge in [0, 0.05) is 5.56 Å². The predicted molar refractivity (Wildman–Crippen MR) is 158 cm³/mol. The smallest absolute Gasteiger partial charge is 0.301 e. The quantitative estimate of drug-likeness (QED) is 0.102. The number of carbonyl (C=O) groups is 2. The topological polar surface area (TPSA) is 89.0 Å². The van der Waals surface area contributed by atoms with Crippen LogP contribution in [0.2, 0.25) is 0 Å². The number of unbranched alkanes of at least 4 members (excludes halogenated alkanes) is 1. The van der Waals surface area contributed by atoms with Gasteiger partial charge in [-0.2, -0.15) is 0 Å². The van der Waals surface area contributed by atoms with Gasteiger partial charge >= 0.3 is 5.91 Å². The van der Waals surface area contributed by atoms with Crippen LogP contribution in [0.25, 0.3) is 16.0 Å². The van der Waals surface area contributed by atoms with Crippen molar-refractivity contribution in [2.75, 3.05) is 18.1 Å². The molecular weight excluding hydrogens is 524 g/mol. The molecule has 0 spiro atoms. The second-order valence-corrected chi connectivity index (χ2v) is 10.8. The predicted octanol–water partition coefficient (Wildman–Crippen LogP) is 7.12.